The van der Waals surface area contributed by atoms with E-state index in [0.29, 0.717) is 5.56 Å². The fraction of sp³-hybridized carbons (Fsp3) is 0.417. The average molecular weight is 271 g/mol. The van der Waals surface area contributed by atoms with Gasteiger partial charge in [0.2, 0.25) is 10.0 Å². The van der Waals surface area contributed by atoms with E-state index in [9.17, 15) is 13.2 Å². The van der Waals surface area contributed by atoms with Gasteiger partial charge in [-0.3, -0.25) is 4.79 Å². The summed E-state index contributed by atoms with van der Waals surface area (Å²) in [7, 11) is -3.64. The van der Waals surface area contributed by atoms with Gasteiger partial charge in [-0.1, -0.05) is 6.07 Å². The standard InChI is InChI=1S/C12H17NO4S/c1-8-6-10(3)11(7-9(8)2)18(16,17)13-5-4-12(14)15/h6-7,13H,4-5H2,1-3H3,(H,14,15). The Morgan fingerprint density at radius 2 is 1.72 bits per heavy atom. The van der Waals surface area contributed by atoms with E-state index in [2.05, 4.69) is 4.72 Å². The van der Waals surface area contributed by atoms with Gasteiger partial charge in [0.1, 0.15) is 0 Å². The molecule has 0 aliphatic carbocycles. The van der Waals surface area contributed by atoms with Crippen LogP contribution in [0.2, 0.25) is 0 Å². The number of hydrogen-bond acceptors (Lipinski definition) is 3. The van der Waals surface area contributed by atoms with E-state index in [1.807, 2.05) is 13.8 Å². The predicted molar refractivity (Wildman–Crippen MR) is 68.1 cm³/mol. The van der Waals surface area contributed by atoms with Gasteiger partial charge in [0, 0.05) is 6.54 Å². The molecule has 0 saturated carbocycles. The third kappa shape index (κ3) is 3.54. The Morgan fingerprint density at radius 1 is 1.17 bits per heavy atom. The largest absolute Gasteiger partial charge is 0.481 e. The number of carbonyl (C=O) groups is 1. The summed E-state index contributed by atoms with van der Waals surface area (Å²) in [5.74, 6) is -1.03. The number of aliphatic carboxylic acids is 1. The third-order valence-electron chi connectivity index (χ3n) is 2.71. The molecule has 0 aliphatic heterocycles. The van der Waals surface area contributed by atoms with Gasteiger partial charge in [0.25, 0.3) is 0 Å². The molecule has 1 aromatic rings. The Balaban J connectivity index is 2.98. The molecular formula is C12H17NO4S. The summed E-state index contributed by atoms with van der Waals surface area (Å²) in [5.41, 5.74) is 2.57. The maximum absolute atomic E-state index is 12.0. The number of carboxylic acid groups (broad SMARTS) is 1. The second kappa shape index (κ2) is 5.49. The van der Waals surface area contributed by atoms with Gasteiger partial charge in [-0.25, -0.2) is 13.1 Å². The molecule has 18 heavy (non-hydrogen) atoms. The lowest BCUT2D eigenvalue weighted by Gasteiger charge is -2.11. The minimum atomic E-state index is -3.64. The third-order valence-corrected chi connectivity index (χ3v) is 4.31. The summed E-state index contributed by atoms with van der Waals surface area (Å²) in [6.07, 6.45) is -0.233. The van der Waals surface area contributed by atoms with Gasteiger partial charge in [-0.2, -0.15) is 0 Å². The summed E-state index contributed by atoms with van der Waals surface area (Å²) in [5, 5.41) is 8.48. The Labute approximate surface area is 107 Å². The summed E-state index contributed by atoms with van der Waals surface area (Å²) >= 11 is 0. The zero-order valence-electron chi connectivity index (χ0n) is 10.6. The molecule has 0 spiro atoms. The number of aryl methyl sites for hydroxylation is 3. The number of sulfonamides is 1. The smallest absolute Gasteiger partial charge is 0.304 e. The Kier molecular flexibility index (Phi) is 4.48. The molecule has 0 bridgehead atoms. The fourth-order valence-electron chi connectivity index (χ4n) is 1.59. The molecule has 0 aliphatic rings. The highest BCUT2D eigenvalue weighted by Crippen LogP contribution is 2.19. The van der Waals surface area contributed by atoms with Crippen LogP contribution in [0.3, 0.4) is 0 Å². The number of rotatable bonds is 5. The van der Waals surface area contributed by atoms with Gasteiger partial charge >= 0.3 is 5.97 Å². The zero-order chi connectivity index (χ0) is 13.9. The molecule has 6 heteroatoms. The lowest BCUT2D eigenvalue weighted by atomic mass is 10.1. The van der Waals surface area contributed by atoms with Crippen LogP contribution in [0, 0.1) is 20.8 Å². The molecule has 0 heterocycles. The van der Waals surface area contributed by atoms with E-state index in [1.54, 1.807) is 19.1 Å². The highest BCUT2D eigenvalue weighted by atomic mass is 32.2. The lowest BCUT2D eigenvalue weighted by molar-refractivity contribution is -0.136. The van der Waals surface area contributed by atoms with E-state index >= 15 is 0 Å². The van der Waals surface area contributed by atoms with Crippen LogP contribution in [0.25, 0.3) is 0 Å². The quantitative estimate of drug-likeness (QED) is 0.847. The van der Waals surface area contributed by atoms with E-state index in [0.717, 1.165) is 11.1 Å². The average Bonchev–Trinajstić information content (AvgIpc) is 2.22. The van der Waals surface area contributed by atoms with Crippen molar-refractivity contribution in [2.45, 2.75) is 32.1 Å². The van der Waals surface area contributed by atoms with Crippen molar-refractivity contribution in [1.82, 2.24) is 4.72 Å². The van der Waals surface area contributed by atoms with Crippen LogP contribution in [-0.2, 0) is 14.8 Å². The van der Waals surface area contributed by atoms with E-state index in [-0.39, 0.29) is 17.9 Å². The molecule has 100 valence electrons. The van der Waals surface area contributed by atoms with Crippen LogP contribution in [0.4, 0.5) is 0 Å². The number of nitrogens with one attached hydrogen (secondary N) is 1. The van der Waals surface area contributed by atoms with E-state index in [1.165, 1.54) is 0 Å². The van der Waals surface area contributed by atoms with Crippen LogP contribution in [-0.4, -0.2) is 26.0 Å². The maximum Gasteiger partial charge on any atom is 0.304 e. The molecule has 1 rings (SSSR count). The van der Waals surface area contributed by atoms with E-state index < -0.39 is 16.0 Å². The zero-order valence-corrected chi connectivity index (χ0v) is 11.5. The Morgan fingerprint density at radius 3 is 2.28 bits per heavy atom. The molecule has 1 aromatic carbocycles. The maximum atomic E-state index is 12.0. The van der Waals surface area contributed by atoms with Gasteiger partial charge in [-0.15, -0.1) is 0 Å². The molecule has 0 saturated heterocycles. The highest BCUT2D eigenvalue weighted by Gasteiger charge is 2.17. The Hall–Kier alpha value is -1.40. The first-order chi connectivity index (χ1) is 8.24. The topological polar surface area (TPSA) is 83.5 Å². The van der Waals surface area contributed by atoms with Crippen molar-refractivity contribution in [3.8, 4) is 0 Å². The van der Waals surface area contributed by atoms with Gasteiger partial charge < -0.3 is 5.11 Å². The summed E-state index contributed by atoms with van der Waals surface area (Å²) < 4.78 is 26.3. The van der Waals surface area contributed by atoms with Crippen molar-refractivity contribution in [2.75, 3.05) is 6.54 Å². The summed E-state index contributed by atoms with van der Waals surface area (Å²) in [6.45, 7) is 5.36. The second-order valence-electron chi connectivity index (χ2n) is 4.24. The number of benzene rings is 1. The summed E-state index contributed by atoms with van der Waals surface area (Å²) in [4.78, 5) is 10.6. The number of carboxylic acids is 1. The molecule has 5 nitrogen and oxygen atoms in total. The highest BCUT2D eigenvalue weighted by molar-refractivity contribution is 7.89. The van der Waals surface area contributed by atoms with E-state index in [4.69, 9.17) is 5.11 Å². The monoisotopic (exact) mass is 271 g/mol. The summed E-state index contributed by atoms with van der Waals surface area (Å²) in [6, 6.07) is 3.41. The first-order valence-corrected chi connectivity index (χ1v) is 7.01. The predicted octanol–water partition coefficient (Wildman–Crippen LogP) is 1.36. The van der Waals surface area contributed by atoms with Gasteiger partial charge in [0.15, 0.2) is 0 Å². The molecule has 0 fully saturated rings. The van der Waals surface area contributed by atoms with Crippen LogP contribution in [0.1, 0.15) is 23.1 Å². The van der Waals surface area contributed by atoms with Crippen molar-refractivity contribution >= 4 is 16.0 Å². The van der Waals surface area contributed by atoms with Crippen molar-refractivity contribution in [3.05, 3.63) is 28.8 Å². The first kappa shape index (κ1) is 14.7. The molecule has 2 N–H and O–H groups in total. The first-order valence-electron chi connectivity index (χ1n) is 5.53. The van der Waals surface area contributed by atoms with Crippen molar-refractivity contribution in [3.63, 3.8) is 0 Å². The minimum Gasteiger partial charge on any atom is -0.481 e. The fourth-order valence-corrected chi connectivity index (χ4v) is 2.93. The SMILES string of the molecule is Cc1cc(C)c(S(=O)(=O)NCCC(=O)O)cc1C. The van der Waals surface area contributed by atoms with Crippen LogP contribution >= 0.6 is 0 Å². The molecule has 0 aromatic heterocycles. The minimum absolute atomic E-state index is 0.107. The van der Waals surface area contributed by atoms with Crippen molar-refractivity contribution < 1.29 is 18.3 Å². The van der Waals surface area contributed by atoms with Gasteiger partial charge in [-0.05, 0) is 43.5 Å². The molecule has 0 unspecified atom stereocenters. The second-order valence-corrected chi connectivity index (χ2v) is 5.98. The van der Waals surface area contributed by atoms with Crippen molar-refractivity contribution in [1.29, 1.82) is 0 Å². The van der Waals surface area contributed by atoms with Crippen LogP contribution in [0.5, 0.6) is 0 Å². The molecular weight excluding hydrogens is 254 g/mol. The van der Waals surface area contributed by atoms with Crippen LogP contribution in [0.15, 0.2) is 17.0 Å². The molecule has 0 atom stereocenters. The Bertz CT molecular complexity index is 564. The van der Waals surface area contributed by atoms with Crippen molar-refractivity contribution in [2.24, 2.45) is 0 Å². The normalized spacial score (nSPS) is 11.5. The lowest BCUT2D eigenvalue weighted by Crippen LogP contribution is -2.27. The van der Waals surface area contributed by atoms with Crippen LogP contribution < -0.4 is 4.72 Å². The molecule has 0 radical (unpaired) electrons. The van der Waals surface area contributed by atoms with Gasteiger partial charge in [0.05, 0.1) is 11.3 Å². The number of hydrogen-bond donors (Lipinski definition) is 2. The molecule has 0 amide bonds.